The Balaban J connectivity index is 2.25. The molecule has 17 heavy (non-hydrogen) atoms. The fraction of sp³-hybridized carbons (Fsp3) is 0.667. The van der Waals surface area contributed by atoms with E-state index < -0.39 is 5.97 Å². The van der Waals surface area contributed by atoms with E-state index in [1.165, 1.54) is 0 Å². The predicted octanol–water partition coefficient (Wildman–Crippen LogP) is -0.0775. The number of carboxylic acids is 1. The summed E-state index contributed by atoms with van der Waals surface area (Å²) < 4.78 is 0. The highest BCUT2D eigenvalue weighted by atomic mass is 16.4. The van der Waals surface area contributed by atoms with Gasteiger partial charge in [0, 0.05) is 13.1 Å². The van der Waals surface area contributed by atoms with Crippen LogP contribution in [0.25, 0.3) is 0 Å². The molecule has 0 saturated carbocycles. The standard InChI is InChI=1S/C12H18N2O3/c1-2-3-6-13-9-11(15)14-7-4-10(5-8-14)12(16)17/h10,13H,4-9H2,1H3,(H,16,17). The number of aliphatic carboxylic acids is 1. The smallest absolute Gasteiger partial charge is 0.306 e. The van der Waals surface area contributed by atoms with E-state index >= 15 is 0 Å². The van der Waals surface area contributed by atoms with E-state index in [0.29, 0.717) is 32.5 Å². The molecule has 1 aliphatic heterocycles. The summed E-state index contributed by atoms with van der Waals surface area (Å²) in [6.07, 6.45) is 1.10. The molecule has 94 valence electrons. The van der Waals surface area contributed by atoms with E-state index in [0.717, 1.165) is 0 Å². The molecule has 2 N–H and O–H groups in total. The molecule has 0 atom stereocenters. The van der Waals surface area contributed by atoms with Crippen LogP contribution in [0.1, 0.15) is 19.8 Å². The van der Waals surface area contributed by atoms with Crippen LogP contribution >= 0.6 is 0 Å². The van der Waals surface area contributed by atoms with Gasteiger partial charge in [-0.3, -0.25) is 14.9 Å². The topological polar surface area (TPSA) is 69.6 Å². The summed E-state index contributed by atoms with van der Waals surface area (Å²) in [4.78, 5) is 24.2. The van der Waals surface area contributed by atoms with Gasteiger partial charge in [0.05, 0.1) is 19.0 Å². The average Bonchev–Trinajstić information content (AvgIpc) is 2.34. The highest BCUT2D eigenvalue weighted by molar-refractivity contribution is 5.79. The van der Waals surface area contributed by atoms with Gasteiger partial charge in [-0.2, -0.15) is 0 Å². The number of hydrogen-bond donors (Lipinski definition) is 2. The Hall–Kier alpha value is -1.54. The molecule has 5 heteroatoms. The maximum Gasteiger partial charge on any atom is 0.306 e. The second-order valence-electron chi connectivity index (χ2n) is 4.02. The molecule has 0 aromatic rings. The molecular formula is C12H18N2O3. The molecule has 1 aliphatic rings. The van der Waals surface area contributed by atoms with Crippen LogP contribution < -0.4 is 5.32 Å². The molecule has 1 amide bonds. The second kappa shape index (κ2) is 6.92. The van der Waals surface area contributed by atoms with Gasteiger partial charge in [-0.25, -0.2) is 0 Å². The lowest BCUT2D eigenvalue weighted by Crippen LogP contribution is -2.44. The van der Waals surface area contributed by atoms with E-state index in [-0.39, 0.29) is 18.4 Å². The highest BCUT2D eigenvalue weighted by Crippen LogP contribution is 2.16. The van der Waals surface area contributed by atoms with Crippen molar-refractivity contribution in [2.24, 2.45) is 5.92 Å². The lowest BCUT2D eigenvalue weighted by Gasteiger charge is -2.30. The summed E-state index contributed by atoms with van der Waals surface area (Å²) in [7, 11) is 0. The Morgan fingerprint density at radius 1 is 1.41 bits per heavy atom. The van der Waals surface area contributed by atoms with Crippen molar-refractivity contribution < 1.29 is 14.7 Å². The summed E-state index contributed by atoms with van der Waals surface area (Å²) in [6.45, 7) is 3.61. The summed E-state index contributed by atoms with van der Waals surface area (Å²) >= 11 is 0. The summed E-state index contributed by atoms with van der Waals surface area (Å²) in [5, 5.41) is 11.8. The van der Waals surface area contributed by atoms with Crippen LogP contribution in [0.5, 0.6) is 0 Å². The van der Waals surface area contributed by atoms with E-state index in [4.69, 9.17) is 5.11 Å². The maximum absolute atomic E-state index is 11.7. The number of carbonyl (C=O) groups excluding carboxylic acids is 1. The number of likely N-dealkylation sites (tertiary alicyclic amines) is 1. The Kier molecular flexibility index (Phi) is 5.50. The fourth-order valence-corrected chi connectivity index (χ4v) is 1.81. The van der Waals surface area contributed by atoms with Gasteiger partial charge in [-0.1, -0.05) is 5.92 Å². The normalized spacial score (nSPS) is 16.2. The molecule has 0 radical (unpaired) electrons. The monoisotopic (exact) mass is 238 g/mol. The highest BCUT2D eigenvalue weighted by Gasteiger charge is 2.26. The number of nitrogens with one attached hydrogen (secondary N) is 1. The van der Waals surface area contributed by atoms with Crippen molar-refractivity contribution in [3.63, 3.8) is 0 Å². The minimum Gasteiger partial charge on any atom is -0.481 e. The van der Waals surface area contributed by atoms with Gasteiger partial charge < -0.3 is 10.0 Å². The zero-order valence-electron chi connectivity index (χ0n) is 10.0. The van der Waals surface area contributed by atoms with Gasteiger partial charge in [0.15, 0.2) is 0 Å². The van der Waals surface area contributed by atoms with Gasteiger partial charge in [0.2, 0.25) is 5.91 Å². The van der Waals surface area contributed by atoms with Crippen LogP contribution in [0.15, 0.2) is 0 Å². The third kappa shape index (κ3) is 4.45. The summed E-state index contributed by atoms with van der Waals surface area (Å²) in [5.74, 6) is 4.53. The minimum absolute atomic E-state index is 0.0201. The van der Waals surface area contributed by atoms with Crippen molar-refractivity contribution in [2.75, 3.05) is 26.2 Å². The molecule has 5 nitrogen and oxygen atoms in total. The van der Waals surface area contributed by atoms with E-state index in [2.05, 4.69) is 17.2 Å². The van der Waals surface area contributed by atoms with E-state index in [9.17, 15) is 9.59 Å². The van der Waals surface area contributed by atoms with E-state index in [1.54, 1.807) is 11.8 Å². The van der Waals surface area contributed by atoms with Crippen LogP contribution in [0, 0.1) is 17.8 Å². The molecule has 1 saturated heterocycles. The molecular weight excluding hydrogens is 220 g/mol. The second-order valence-corrected chi connectivity index (χ2v) is 4.02. The van der Waals surface area contributed by atoms with Crippen LogP contribution in [0.2, 0.25) is 0 Å². The van der Waals surface area contributed by atoms with Crippen molar-refractivity contribution in [3.8, 4) is 11.8 Å². The third-order valence-electron chi connectivity index (χ3n) is 2.86. The first-order valence-corrected chi connectivity index (χ1v) is 5.76. The number of carboxylic acid groups (broad SMARTS) is 1. The van der Waals surface area contributed by atoms with Crippen LogP contribution in [-0.2, 0) is 9.59 Å². The van der Waals surface area contributed by atoms with Gasteiger partial charge in [0.1, 0.15) is 0 Å². The lowest BCUT2D eigenvalue weighted by atomic mass is 9.97. The largest absolute Gasteiger partial charge is 0.481 e. The van der Waals surface area contributed by atoms with Crippen LogP contribution in [0.4, 0.5) is 0 Å². The summed E-state index contributed by atoms with van der Waals surface area (Å²) in [6, 6.07) is 0. The molecule has 0 unspecified atom stereocenters. The van der Waals surface area contributed by atoms with Crippen molar-refractivity contribution in [1.29, 1.82) is 0 Å². The lowest BCUT2D eigenvalue weighted by molar-refractivity contribution is -0.145. The number of piperidine rings is 1. The molecule has 1 fully saturated rings. The van der Waals surface area contributed by atoms with Crippen molar-refractivity contribution >= 4 is 11.9 Å². The van der Waals surface area contributed by atoms with Gasteiger partial charge in [-0.05, 0) is 19.8 Å². The minimum atomic E-state index is -0.756. The van der Waals surface area contributed by atoms with Crippen molar-refractivity contribution in [2.45, 2.75) is 19.8 Å². The zero-order chi connectivity index (χ0) is 12.7. The van der Waals surface area contributed by atoms with Crippen LogP contribution in [0.3, 0.4) is 0 Å². The van der Waals surface area contributed by atoms with Crippen LogP contribution in [-0.4, -0.2) is 48.1 Å². The SMILES string of the molecule is CC#CCNCC(=O)N1CCC(C(=O)O)CC1. The van der Waals surface area contributed by atoms with Gasteiger partial charge >= 0.3 is 5.97 Å². The molecule has 0 spiro atoms. The number of carbonyl (C=O) groups is 2. The Bertz CT molecular complexity index is 335. The molecule has 0 aromatic carbocycles. The van der Waals surface area contributed by atoms with Crippen molar-refractivity contribution in [3.05, 3.63) is 0 Å². The Morgan fingerprint density at radius 2 is 2.06 bits per heavy atom. The molecule has 1 rings (SSSR count). The predicted molar refractivity (Wildman–Crippen MR) is 63.3 cm³/mol. The molecule has 0 aliphatic carbocycles. The van der Waals surface area contributed by atoms with E-state index in [1.807, 2.05) is 0 Å². The molecule has 0 aromatic heterocycles. The molecule has 0 bridgehead atoms. The first-order valence-electron chi connectivity index (χ1n) is 5.76. The first-order chi connectivity index (χ1) is 8.15. The number of amides is 1. The maximum atomic E-state index is 11.7. The Labute approximate surface area is 101 Å². The number of hydrogen-bond acceptors (Lipinski definition) is 3. The van der Waals surface area contributed by atoms with Gasteiger partial charge in [0.25, 0.3) is 0 Å². The zero-order valence-corrected chi connectivity index (χ0v) is 10.0. The number of nitrogens with zero attached hydrogens (tertiary/aromatic N) is 1. The first kappa shape index (κ1) is 13.5. The van der Waals surface area contributed by atoms with Crippen molar-refractivity contribution in [1.82, 2.24) is 10.2 Å². The van der Waals surface area contributed by atoms with Gasteiger partial charge in [-0.15, -0.1) is 5.92 Å². The Morgan fingerprint density at radius 3 is 2.59 bits per heavy atom. The quantitative estimate of drug-likeness (QED) is 0.531. The third-order valence-corrected chi connectivity index (χ3v) is 2.86. The average molecular weight is 238 g/mol. The fourth-order valence-electron chi connectivity index (χ4n) is 1.81. The number of rotatable bonds is 4. The molecule has 1 heterocycles. The summed E-state index contributed by atoms with van der Waals surface area (Å²) in [5.41, 5.74) is 0.